The van der Waals surface area contributed by atoms with Gasteiger partial charge >= 0.3 is 13.0 Å². The van der Waals surface area contributed by atoms with E-state index in [-0.39, 0.29) is 11.3 Å². The van der Waals surface area contributed by atoms with Crippen LogP contribution in [0.2, 0.25) is 5.02 Å². The van der Waals surface area contributed by atoms with Gasteiger partial charge in [-0.3, -0.25) is 4.79 Å². The quantitative estimate of drug-likeness (QED) is 0.627. The van der Waals surface area contributed by atoms with Crippen LogP contribution in [0.4, 0.5) is 22.0 Å². The first-order chi connectivity index (χ1) is 8.23. The van der Waals surface area contributed by atoms with Gasteiger partial charge in [0.2, 0.25) is 0 Å². The molecule has 0 unspecified atom stereocenters. The summed E-state index contributed by atoms with van der Waals surface area (Å²) in [7, 11) is 0. The molecular formula is C9H4ClF5O3. The number of ether oxygens (including phenoxy) is 2. The number of hydrogen-bond acceptors (Lipinski definition) is 3. The second-order valence-electron chi connectivity index (χ2n) is 2.87. The van der Waals surface area contributed by atoms with E-state index in [0.29, 0.717) is 6.07 Å². The maximum absolute atomic E-state index is 12.0. The van der Waals surface area contributed by atoms with Crippen molar-refractivity contribution in [1.82, 2.24) is 0 Å². The van der Waals surface area contributed by atoms with Crippen molar-refractivity contribution in [1.29, 1.82) is 0 Å². The lowest BCUT2D eigenvalue weighted by molar-refractivity contribution is -0.275. The topological polar surface area (TPSA) is 35.5 Å². The van der Waals surface area contributed by atoms with E-state index in [1.165, 1.54) is 0 Å². The molecule has 100 valence electrons. The number of carbonyl (C=O) groups excluding carboxylic acids is 1. The molecule has 0 saturated carbocycles. The van der Waals surface area contributed by atoms with Crippen LogP contribution in [0.25, 0.3) is 0 Å². The third kappa shape index (κ3) is 4.02. The zero-order valence-corrected chi connectivity index (χ0v) is 9.06. The smallest absolute Gasteiger partial charge is 0.430 e. The van der Waals surface area contributed by atoms with E-state index < -0.39 is 30.0 Å². The van der Waals surface area contributed by atoms with E-state index in [9.17, 15) is 26.7 Å². The van der Waals surface area contributed by atoms with Crippen LogP contribution in [-0.2, 0) is 0 Å². The summed E-state index contributed by atoms with van der Waals surface area (Å²) in [5.74, 6) is -2.14. The molecule has 3 nitrogen and oxygen atoms in total. The molecule has 0 bridgehead atoms. The van der Waals surface area contributed by atoms with Gasteiger partial charge in [0.25, 0.3) is 0 Å². The molecule has 0 aliphatic rings. The van der Waals surface area contributed by atoms with Gasteiger partial charge in [-0.1, -0.05) is 11.6 Å². The Morgan fingerprint density at radius 3 is 2.33 bits per heavy atom. The van der Waals surface area contributed by atoms with Crippen LogP contribution in [0.15, 0.2) is 12.1 Å². The van der Waals surface area contributed by atoms with Gasteiger partial charge in [-0.15, -0.1) is 13.2 Å². The Morgan fingerprint density at radius 1 is 1.28 bits per heavy atom. The predicted molar refractivity (Wildman–Crippen MR) is 50.2 cm³/mol. The Kier molecular flexibility index (Phi) is 4.33. The lowest BCUT2D eigenvalue weighted by Gasteiger charge is -2.15. The minimum absolute atomic E-state index is 0.0207. The van der Waals surface area contributed by atoms with Crippen molar-refractivity contribution in [3.05, 3.63) is 22.7 Å². The van der Waals surface area contributed by atoms with Gasteiger partial charge in [-0.2, -0.15) is 8.78 Å². The van der Waals surface area contributed by atoms with Crippen LogP contribution in [-0.4, -0.2) is 19.3 Å². The fourth-order valence-electron chi connectivity index (χ4n) is 1.09. The Balaban J connectivity index is 3.27. The molecule has 0 aromatic heterocycles. The maximum Gasteiger partial charge on any atom is 0.573 e. The molecule has 1 rings (SSSR count). The Labute approximate surface area is 102 Å². The van der Waals surface area contributed by atoms with E-state index in [2.05, 4.69) is 9.47 Å². The van der Waals surface area contributed by atoms with Gasteiger partial charge in [0.1, 0.15) is 0 Å². The molecule has 1 aromatic rings. The van der Waals surface area contributed by atoms with Crippen LogP contribution in [0.1, 0.15) is 10.4 Å². The Morgan fingerprint density at radius 2 is 1.89 bits per heavy atom. The lowest BCUT2D eigenvalue weighted by atomic mass is 10.2. The Bertz CT molecular complexity index is 447. The summed E-state index contributed by atoms with van der Waals surface area (Å²) in [5.41, 5.74) is -0.581. The lowest BCUT2D eigenvalue weighted by Crippen LogP contribution is -2.18. The number of carbonyl (C=O) groups is 1. The summed E-state index contributed by atoms with van der Waals surface area (Å²) in [6.45, 7) is -3.42. The van der Waals surface area contributed by atoms with Crippen molar-refractivity contribution < 1.29 is 36.2 Å². The molecule has 0 aliphatic heterocycles. The second kappa shape index (κ2) is 5.38. The molecule has 0 N–H and O–H groups in total. The number of halogens is 6. The standard InChI is InChI=1S/C9H4ClF5O3/c10-5-1-4(3-16)7(17-8(11)12)6(2-5)18-9(13,14)15/h1-3,8H. The molecule has 0 saturated heterocycles. The highest BCUT2D eigenvalue weighted by atomic mass is 35.5. The molecule has 0 aliphatic carbocycles. The summed E-state index contributed by atoms with van der Waals surface area (Å²) in [4.78, 5) is 10.6. The molecule has 0 fully saturated rings. The van der Waals surface area contributed by atoms with Gasteiger partial charge in [0.05, 0.1) is 5.56 Å². The van der Waals surface area contributed by atoms with Crippen molar-refractivity contribution in [2.75, 3.05) is 0 Å². The molecule has 0 amide bonds. The van der Waals surface area contributed by atoms with E-state index >= 15 is 0 Å². The molecule has 1 aromatic carbocycles. The molecule has 0 radical (unpaired) electrons. The number of hydrogen-bond donors (Lipinski definition) is 0. The van der Waals surface area contributed by atoms with E-state index in [1.54, 1.807) is 0 Å². The zero-order chi connectivity index (χ0) is 13.9. The monoisotopic (exact) mass is 290 g/mol. The molecule has 0 heterocycles. The number of rotatable bonds is 4. The van der Waals surface area contributed by atoms with E-state index in [4.69, 9.17) is 11.6 Å². The minimum atomic E-state index is -5.13. The zero-order valence-electron chi connectivity index (χ0n) is 8.30. The van der Waals surface area contributed by atoms with Gasteiger partial charge in [-0.25, -0.2) is 0 Å². The Hall–Kier alpha value is -1.57. The fourth-order valence-corrected chi connectivity index (χ4v) is 1.31. The van der Waals surface area contributed by atoms with E-state index in [0.717, 1.165) is 6.07 Å². The number of aldehydes is 1. The largest absolute Gasteiger partial charge is 0.573 e. The average molecular weight is 291 g/mol. The van der Waals surface area contributed by atoms with Crippen LogP contribution < -0.4 is 9.47 Å². The maximum atomic E-state index is 12.0. The highest BCUT2D eigenvalue weighted by molar-refractivity contribution is 6.31. The van der Waals surface area contributed by atoms with Gasteiger partial charge in [0.15, 0.2) is 17.8 Å². The van der Waals surface area contributed by atoms with Crippen LogP contribution in [0.3, 0.4) is 0 Å². The van der Waals surface area contributed by atoms with Crippen molar-refractivity contribution >= 4 is 17.9 Å². The number of alkyl halides is 5. The summed E-state index contributed by atoms with van der Waals surface area (Å²) in [6.07, 6.45) is -5.11. The predicted octanol–water partition coefficient (Wildman–Crippen LogP) is 3.65. The number of benzene rings is 1. The third-order valence-electron chi connectivity index (χ3n) is 1.61. The first-order valence-corrected chi connectivity index (χ1v) is 4.60. The van der Waals surface area contributed by atoms with Gasteiger partial charge in [-0.05, 0) is 6.07 Å². The molecular weight excluding hydrogens is 287 g/mol. The highest BCUT2D eigenvalue weighted by Gasteiger charge is 2.33. The first-order valence-electron chi connectivity index (χ1n) is 4.22. The van der Waals surface area contributed by atoms with Gasteiger partial charge < -0.3 is 9.47 Å². The van der Waals surface area contributed by atoms with Crippen molar-refractivity contribution in [3.63, 3.8) is 0 Å². The molecule has 18 heavy (non-hydrogen) atoms. The summed E-state index contributed by atoms with van der Waals surface area (Å²) < 4.78 is 67.4. The SMILES string of the molecule is O=Cc1cc(Cl)cc(OC(F)(F)F)c1OC(F)F. The van der Waals surface area contributed by atoms with Crippen molar-refractivity contribution in [3.8, 4) is 11.5 Å². The van der Waals surface area contributed by atoms with E-state index in [1.807, 2.05) is 0 Å². The third-order valence-corrected chi connectivity index (χ3v) is 1.83. The second-order valence-corrected chi connectivity index (χ2v) is 3.30. The first kappa shape index (κ1) is 14.5. The fraction of sp³-hybridized carbons (Fsp3) is 0.222. The molecule has 9 heteroatoms. The van der Waals surface area contributed by atoms with Crippen LogP contribution >= 0.6 is 11.6 Å². The normalized spacial score (nSPS) is 11.5. The van der Waals surface area contributed by atoms with Gasteiger partial charge in [0, 0.05) is 11.1 Å². The van der Waals surface area contributed by atoms with Crippen molar-refractivity contribution in [2.24, 2.45) is 0 Å². The molecule has 0 atom stereocenters. The van der Waals surface area contributed by atoms with Crippen LogP contribution in [0.5, 0.6) is 11.5 Å². The average Bonchev–Trinajstić information content (AvgIpc) is 2.18. The summed E-state index contributed by atoms with van der Waals surface area (Å²) in [6, 6.07) is 1.48. The van der Waals surface area contributed by atoms with Crippen LogP contribution in [0, 0.1) is 0 Å². The highest BCUT2D eigenvalue weighted by Crippen LogP contribution is 2.38. The van der Waals surface area contributed by atoms with Crippen molar-refractivity contribution in [2.45, 2.75) is 13.0 Å². The summed E-state index contributed by atoms with van der Waals surface area (Å²) >= 11 is 5.42. The minimum Gasteiger partial charge on any atom is -0.430 e. The summed E-state index contributed by atoms with van der Waals surface area (Å²) in [5, 5.41) is -0.294. The molecule has 0 spiro atoms.